The lowest BCUT2D eigenvalue weighted by atomic mass is 10.1. The van der Waals surface area contributed by atoms with Gasteiger partial charge in [0, 0.05) is 36.5 Å². The number of hydrogen-bond donors (Lipinski definition) is 1. The summed E-state index contributed by atoms with van der Waals surface area (Å²) in [4.78, 5) is 13.5. The number of para-hydroxylation sites is 1. The van der Waals surface area contributed by atoms with E-state index < -0.39 is 0 Å². The molecule has 0 bridgehead atoms. The van der Waals surface area contributed by atoms with Gasteiger partial charge in [-0.15, -0.1) is 0 Å². The predicted molar refractivity (Wildman–Crippen MR) is 102 cm³/mol. The molecule has 0 aliphatic heterocycles. The molecule has 1 aromatic carbocycles. The summed E-state index contributed by atoms with van der Waals surface area (Å²) in [5.74, 6) is 2.17. The van der Waals surface area contributed by atoms with Gasteiger partial charge in [0.2, 0.25) is 0 Å². The van der Waals surface area contributed by atoms with Crippen LogP contribution in [0.25, 0.3) is 22.3 Å². The maximum Gasteiger partial charge on any atom is 0.163 e. The molecular formula is C20H24N4O. The molecule has 0 spiro atoms. The molecule has 0 fully saturated rings. The van der Waals surface area contributed by atoms with Crippen molar-refractivity contribution in [1.29, 1.82) is 0 Å². The SMILES string of the molecule is CC(C)CCOCCNc1nc(-c2cccnc2)nc2ccccc12. The third kappa shape index (κ3) is 4.73. The van der Waals surface area contributed by atoms with E-state index >= 15 is 0 Å². The average molecular weight is 336 g/mol. The summed E-state index contributed by atoms with van der Waals surface area (Å²) in [7, 11) is 0. The lowest BCUT2D eigenvalue weighted by Crippen LogP contribution is -2.12. The number of benzene rings is 1. The number of pyridine rings is 1. The van der Waals surface area contributed by atoms with E-state index in [1.165, 1.54) is 0 Å². The van der Waals surface area contributed by atoms with Gasteiger partial charge in [0.1, 0.15) is 5.82 Å². The lowest BCUT2D eigenvalue weighted by molar-refractivity contribution is 0.132. The summed E-state index contributed by atoms with van der Waals surface area (Å²) in [5.41, 5.74) is 1.82. The van der Waals surface area contributed by atoms with Gasteiger partial charge in [-0.25, -0.2) is 9.97 Å². The van der Waals surface area contributed by atoms with Gasteiger partial charge in [0.15, 0.2) is 5.82 Å². The molecule has 0 amide bonds. The summed E-state index contributed by atoms with van der Waals surface area (Å²) >= 11 is 0. The highest BCUT2D eigenvalue weighted by Crippen LogP contribution is 2.24. The molecule has 0 radical (unpaired) electrons. The summed E-state index contributed by atoms with van der Waals surface area (Å²) in [6.45, 7) is 6.58. The fourth-order valence-corrected chi connectivity index (χ4v) is 2.50. The Hall–Kier alpha value is -2.53. The van der Waals surface area contributed by atoms with Crippen molar-refractivity contribution in [3.05, 3.63) is 48.8 Å². The van der Waals surface area contributed by atoms with E-state index in [0.717, 1.165) is 35.3 Å². The number of fused-ring (bicyclic) bond motifs is 1. The van der Waals surface area contributed by atoms with Crippen LogP contribution in [0.3, 0.4) is 0 Å². The van der Waals surface area contributed by atoms with Gasteiger partial charge in [-0.1, -0.05) is 26.0 Å². The van der Waals surface area contributed by atoms with Gasteiger partial charge in [-0.3, -0.25) is 4.98 Å². The second-order valence-corrected chi connectivity index (χ2v) is 6.38. The van der Waals surface area contributed by atoms with Gasteiger partial charge in [0.05, 0.1) is 12.1 Å². The molecule has 0 unspecified atom stereocenters. The third-order valence-electron chi connectivity index (χ3n) is 3.90. The van der Waals surface area contributed by atoms with Crippen molar-refractivity contribution in [3.8, 4) is 11.4 Å². The number of nitrogens with zero attached hydrogens (tertiary/aromatic N) is 3. The first-order chi connectivity index (χ1) is 12.2. The third-order valence-corrected chi connectivity index (χ3v) is 3.90. The maximum absolute atomic E-state index is 5.68. The Morgan fingerprint density at radius 2 is 1.92 bits per heavy atom. The van der Waals surface area contributed by atoms with Crippen LogP contribution in [-0.4, -0.2) is 34.7 Å². The van der Waals surface area contributed by atoms with Gasteiger partial charge in [0.25, 0.3) is 0 Å². The number of hydrogen-bond acceptors (Lipinski definition) is 5. The smallest absolute Gasteiger partial charge is 0.163 e. The Balaban J connectivity index is 1.74. The summed E-state index contributed by atoms with van der Waals surface area (Å²) in [6.07, 6.45) is 4.61. The number of aromatic nitrogens is 3. The largest absolute Gasteiger partial charge is 0.380 e. The van der Waals surface area contributed by atoms with Crippen molar-refractivity contribution in [1.82, 2.24) is 15.0 Å². The zero-order valence-electron chi connectivity index (χ0n) is 14.8. The highest BCUT2D eigenvalue weighted by atomic mass is 16.5. The van der Waals surface area contributed by atoms with Crippen LogP contribution >= 0.6 is 0 Å². The van der Waals surface area contributed by atoms with E-state index in [2.05, 4.69) is 29.1 Å². The van der Waals surface area contributed by atoms with E-state index in [1.807, 2.05) is 36.4 Å². The normalized spacial score (nSPS) is 11.2. The molecule has 0 saturated heterocycles. The molecule has 5 nitrogen and oxygen atoms in total. The molecule has 0 aliphatic carbocycles. The molecule has 3 aromatic rings. The maximum atomic E-state index is 5.68. The van der Waals surface area contributed by atoms with Crippen LogP contribution in [0, 0.1) is 5.92 Å². The van der Waals surface area contributed by atoms with Crippen molar-refractivity contribution in [3.63, 3.8) is 0 Å². The standard InChI is InChI=1S/C20H24N4O/c1-15(2)9-12-25-13-11-22-20-17-7-3-4-8-18(17)23-19(24-20)16-6-5-10-21-14-16/h3-8,10,14-15H,9,11-13H2,1-2H3,(H,22,23,24). The highest BCUT2D eigenvalue weighted by molar-refractivity contribution is 5.90. The zero-order valence-corrected chi connectivity index (χ0v) is 14.8. The minimum Gasteiger partial charge on any atom is -0.380 e. The first-order valence-electron chi connectivity index (χ1n) is 8.73. The number of nitrogens with one attached hydrogen (secondary N) is 1. The Morgan fingerprint density at radius 1 is 1.04 bits per heavy atom. The summed E-state index contributed by atoms with van der Waals surface area (Å²) in [5, 5.41) is 4.40. The van der Waals surface area contributed by atoms with Crippen LogP contribution in [0.1, 0.15) is 20.3 Å². The van der Waals surface area contributed by atoms with E-state index in [0.29, 0.717) is 24.9 Å². The average Bonchev–Trinajstić information content (AvgIpc) is 2.64. The van der Waals surface area contributed by atoms with Gasteiger partial charge in [-0.2, -0.15) is 0 Å². The monoisotopic (exact) mass is 336 g/mol. The van der Waals surface area contributed by atoms with Gasteiger partial charge in [-0.05, 0) is 36.6 Å². The van der Waals surface area contributed by atoms with Gasteiger partial charge < -0.3 is 10.1 Å². The molecule has 3 rings (SSSR count). The van der Waals surface area contributed by atoms with Crippen LogP contribution in [-0.2, 0) is 4.74 Å². The highest BCUT2D eigenvalue weighted by Gasteiger charge is 2.09. The Bertz CT molecular complexity index is 805. The van der Waals surface area contributed by atoms with Crippen LogP contribution in [0.15, 0.2) is 48.8 Å². The van der Waals surface area contributed by atoms with Crippen LogP contribution in [0.2, 0.25) is 0 Å². The second kappa shape index (κ2) is 8.53. The van der Waals surface area contributed by atoms with Crippen molar-refractivity contribution in [2.24, 2.45) is 5.92 Å². The van der Waals surface area contributed by atoms with E-state index in [9.17, 15) is 0 Å². The van der Waals surface area contributed by atoms with E-state index in [4.69, 9.17) is 9.72 Å². The van der Waals surface area contributed by atoms with Crippen LogP contribution < -0.4 is 5.32 Å². The molecule has 130 valence electrons. The first-order valence-corrected chi connectivity index (χ1v) is 8.73. The minimum atomic E-state index is 0.660. The fourth-order valence-electron chi connectivity index (χ4n) is 2.50. The molecule has 5 heteroatoms. The van der Waals surface area contributed by atoms with Crippen molar-refractivity contribution in [2.45, 2.75) is 20.3 Å². The Kier molecular flexibility index (Phi) is 5.90. The van der Waals surface area contributed by atoms with Crippen molar-refractivity contribution in [2.75, 3.05) is 25.1 Å². The predicted octanol–water partition coefficient (Wildman–Crippen LogP) is 4.17. The van der Waals surface area contributed by atoms with Crippen molar-refractivity contribution >= 4 is 16.7 Å². The van der Waals surface area contributed by atoms with Crippen molar-refractivity contribution < 1.29 is 4.74 Å². The lowest BCUT2D eigenvalue weighted by Gasteiger charge is -2.11. The van der Waals surface area contributed by atoms with Crippen LogP contribution in [0.5, 0.6) is 0 Å². The number of rotatable bonds is 8. The molecule has 0 atom stereocenters. The summed E-state index contributed by atoms with van der Waals surface area (Å²) < 4.78 is 5.68. The molecule has 25 heavy (non-hydrogen) atoms. The van der Waals surface area contributed by atoms with E-state index in [-0.39, 0.29) is 0 Å². The quantitative estimate of drug-likeness (QED) is 0.626. The number of anilines is 1. The molecule has 0 saturated carbocycles. The zero-order chi connectivity index (χ0) is 17.5. The van der Waals surface area contributed by atoms with E-state index in [1.54, 1.807) is 12.4 Å². The number of ether oxygens (including phenoxy) is 1. The Morgan fingerprint density at radius 3 is 2.72 bits per heavy atom. The molecule has 2 aromatic heterocycles. The first kappa shape index (κ1) is 17.3. The molecule has 1 N–H and O–H groups in total. The topological polar surface area (TPSA) is 59.9 Å². The molecule has 2 heterocycles. The van der Waals surface area contributed by atoms with Gasteiger partial charge >= 0.3 is 0 Å². The molecular weight excluding hydrogens is 312 g/mol. The summed E-state index contributed by atoms with van der Waals surface area (Å²) in [6, 6.07) is 11.9. The Labute approximate surface area is 148 Å². The second-order valence-electron chi connectivity index (χ2n) is 6.38. The minimum absolute atomic E-state index is 0.660. The molecule has 0 aliphatic rings. The van der Waals surface area contributed by atoms with Crippen LogP contribution in [0.4, 0.5) is 5.82 Å². The fraction of sp³-hybridized carbons (Fsp3) is 0.350.